The van der Waals surface area contributed by atoms with Gasteiger partial charge in [-0.1, -0.05) is 57.4 Å². The van der Waals surface area contributed by atoms with E-state index in [9.17, 15) is 0 Å². The Morgan fingerprint density at radius 2 is 1.65 bits per heavy atom. The van der Waals surface area contributed by atoms with Gasteiger partial charge in [0, 0.05) is 6.04 Å². The summed E-state index contributed by atoms with van der Waals surface area (Å²) in [5.41, 5.74) is 3.03. The van der Waals surface area contributed by atoms with Crippen LogP contribution in [0.15, 0.2) is 24.3 Å². The van der Waals surface area contributed by atoms with Crippen LogP contribution in [0.1, 0.15) is 69.9 Å². The summed E-state index contributed by atoms with van der Waals surface area (Å²) >= 11 is 0. The number of hydrogen-bond acceptors (Lipinski definition) is 1. The van der Waals surface area contributed by atoms with Crippen LogP contribution in [0.3, 0.4) is 0 Å². The van der Waals surface area contributed by atoms with Crippen LogP contribution < -0.4 is 5.32 Å². The highest BCUT2D eigenvalue weighted by atomic mass is 14.9. The number of hydrogen-bond donors (Lipinski definition) is 1. The molecule has 0 bridgehead atoms. The average molecular weight is 273 g/mol. The first kappa shape index (κ1) is 15.6. The van der Waals surface area contributed by atoms with Crippen molar-refractivity contribution in [3.8, 4) is 0 Å². The fourth-order valence-corrected chi connectivity index (χ4v) is 3.22. The van der Waals surface area contributed by atoms with E-state index in [2.05, 4.69) is 50.4 Å². The molecule has 0 amide bonds. The predicted octanol–water partition coefficient (Wildman–Crippen LogP) is 4.91. The summed E-state index contributed by atoms with van der Waals surface area (Å²) in [4.78, 5) is 0. The topological polar surface area (TPSA) is 12.0 Å². The zero-order chi connectivity index (χ0) is 14.4. The third-order valence-corrected chi connectivity index (χ3v) is 4.47. The zero-order valence-corrected chi connectivity index (χ0v) is 13.5. The fraction of sp³-hybridized carbons (Fsp3) is 0.684. The SMILES string of the molecule is CC(C)CNC(C)Cc1ccc(C2CCCCC2)cc1. The molecule has 0 aliphatic heterocycles. The Morgan fingerprint density at radius 1 is 1.00 bits per heavy atom. The largest absolute Gasteiger partial charge is 0.314 e. The molecule has 1 aromatic rings. The van der Waals surface area contributed by atoms with Crippen molar-refractivity contribution in [2.24, 2.45) is 5.92 Å². The first-order valence-electron chi connectivity index (χ1n) is 8.47. The van der Waals surface area contributed by atoms with Crippen LogP contribution in [-0.2, 0) is 6.42 Å². The van der Waals surface area contributed by atoms with Crippen molar-refractivity contribution >= 4 is 0 Å². The molecule has 0 aromatic heterocycles. The summed E-state index contributed by atoms with van der Waals surface area (Å²) in [5.74, 6) is 1.56. The molecule has 1 fully saturated rings. The first-order valence-corrected chi connectivity index (χ1v) is 8.47. The lowest BCUT2D eigenvalue weighted by Gasteiger charge is -2.22. The minimum Gasteiger partial charge on any atom is -0.314 e. The molecule has 1 unspecified atom stereocenters. The molecule has 20 heavy (non-hydrogen) atoms. The minimum atomic E-state index is 0.568. The smallest absolute Gasteiger partial charge is 0.00792 e. The summed E-state index contributed by atoms with van der Waals surface area (Å²) in [7, 11) is 0. The fourth-order valence-electron chi connectivity index (χ4n) is 3.22. The van der Waals surface area contributed by atoms with E-state index in [-0.39, 0.29) is 0 Å². The van der Waals surface area contributed by atoms with Crippen molar-refractivity contribution in [1.82, 2.24) is 5.32 Å². The van der Waals surface area contributed by atoms with E-state index < -0.39 is 0 Å². The van der Waals surface area contributed by atoms with Gasteiger partial charge >= 0.3 is 0 Å². The molecule has 0 radical (unpaired) electrons. The van der Waals surface area contributed by atoms with E-state index >= 15 is 0 Å². The molecule has 112 valence electrons. The maximum absolute atomic E-state index is 3.61. The van der Waals surface area contributed by atoms with Crippen molar-refractivity contribution in [2.45, 2.75) is 71.3 Å². The molecular formula is C19H31N. The average Bonchev–Trinajstić information content (AvgIpc) is 2.47. The van der Waals surface area contributed by atoms with Crippen LogP contribution in [0, 0.1) is 5.92 Å². The van der Waals surface area contributed by atoms with Gasteiger partial charge in [-0.15, -0.1) is 0 Å². The van der Waals surface area contributed by atoms with E-state index in [0.717, 1.165) is 24.8 Å². The van der Waals surface area contributed by atoms with Gasteiger partial charge in [0.15, 0.2) is 0 Å². The van der Waals surface area contributed by atoms with Gasteiger partial charge in [-0.25, -0.2) is 0 Å². The molecule has 0 saturated heterocycles. The Morgan fingerprint density at radius 3 is 2.25 bits per heavy atom. The van der Waals surface area contributed by atoms with Crippen molar-refractivity contribution in [3.63, 3.8) is 0 Å². The summed E-state index contributed by atoms with van der Waals surface area (Å²) < 4.78 is 0. The Kier molecular flexibility index (Phi) is 6.09. The monoisotopic (exact) mass is 273 g/mol. The Hall–Kier alpha value is -0.820. The third-order valence-electron chi connectivity index (χ3n) is 4.47. The van der Waals surface area contributed by atoms with Crippen LogP contribution in [-0.4, -0.2) is 12.6 Å². The van der Waals surface area contributed by atoms with Crippen molar-refractivity contribution in [2.75, 3.05) is 6.54 Å². The minimum absolute atomic E-state index is 0.568. The van der Waals surface area contributed by atoms with Crippen LogP contribution >= 0.6 is 0 Å². The third kappa shape index (κ3) is 4.94. The summed E-state index contributed by atoms with van der Waals surface area (Å²) in [6.07, 6.45) is 8.20. The summed E-state index contributed by atoms with van der Waals surface area (Å²) in [5, 5.41) is 3.61. The zero-order valence-electron chi connectivity index (χ0n) is 13.5. The molecule has 1 aliphatic carbocycles. The number of nitrogens with one attached hydrogen (secondary N) is 1. The van der Waals surface area contributed by atoms with Gasteiger partial charge in [0.2, 0.25) is 0 Å². The molecule has 1 nitrogen and oxygen atoms in total. The molecule has 0 spiro atoms. The Labute approximate surface area is 125 Å². The lowest BCUT2D eigenvalue weighted by molar-refractivity contribution is 0.443. The molecule has 1 N–H and O–H groups in total. The van der Waals surface area contributed by atoms with Crippen molar-refractivity contribution in [3.05, 3.63) is 35.4 Å². The highest BCUT2D eigenvalue weighted by molar-refractivity contribution is 5.26. The highest BCUT2D eigenvalue weighted by Gasteiger charge is 2.15. The molecule has 1 saturated carbocycles. The van der Waals surface area contributed by atoms with Crippen LogP contribution in [0.4, 0.5) is 0 Å². The van der Waals surface area contributed by atoms with Crippen LogP contribution in [0.2, 0.25) is 0 Å². The highest BCUT2D eigenvalue weighted by Crippen LogP contribution is 2.32. The second-order valence-electron chi connectivity index (χ2n) is 6.98. The quantitative estimate of drug-likeness (QED) is 0.776. The van der Waals surface area contributed by atoms with Gasteiger partial charge in [-0.05, 0) is 55.7 Å². The van der Waals surface area contributed by atoms with Gasteiger partial charge in [0.1, 0.15) is 0 Å². The molecule has 0 heterocycles. The van der Waals surface area contributed by atoms with Gasteiger partial charge in [0.25, 0.3) is 0 Å². The standard InChI is InChI=1S/C19H31N/c1-15(2)14-20-16(3)13-17-9-11-19(12-10-17)18-7-5-4-6-8-18/h9-12,15-16,18,20H,4-8,13-14H2,1-3H3. The van der Waals surface area contributed by atoms with Gasteiger partial charge in [-0.3, -0.25) is 0 Å². The Balaban J connectivity index is 1.84. The van der Waals surface area contributed by atoms with E-state index in [0.29, 0.717) is 6.04 Å². The molecule has 1 atom stereocenters. The van der Waals surface area contributed by atoms with E-state index in [4.69, 9.17) is 0 Å². The maximum atomic E-state index is 3.61. The first-order chi connectivity index (χ1) is 9.65. The second-order valence-corrected chi connectivity index (χ2v) is 6.98. The van der Waals surface area contributed by atoms with Gasteiger partial charge in [0.05, 0.1) is 0 Å². The normalized spacial score (nSPS) is 18.4. The lowest BCUT2D eigenvalue weighted by Crippen LogP contribution is -2.31. The molecule has 1 aliphatic rings. The molecule has 1 aromatic carbocycles. The molecule has 1 heteroatoms. The van der Waals surface area contributed by atoms with E-state index in [1.165, 1.54) is 37.7 Å². The number of rotatable bonds is 6. The van der Waals surface area contributed by atoms with E-state index in [1.807, 2.05) is 0 Å². The van der Waals surface area contributed by atoms with Crippen LogP contribution in [0.25, 0.3) is 0 Å². The maximum Gasteiger partial charge on any atom is 0.00792 e. The summed E-state index contributed by atoms with van der Waals surface area (Å²) in [6.45, 7) is 7.93. The number of benzene rings is 1. The summed E-state index contributed by atoms with van der Waals surface area (Å²) in [6, 6.07) is 10.0. The molecular weight excluding hydrogens is 242 g/mol. The van der Waals surface area contributed by atoms with E-state index in [1.54, 1.807) is 5.56 Å². The molecule has 2 rings (SSSR count). The van der Waals surface area contributed by atoms with Crippen LogP contribution in [0.5, 0.6) is 0 Å². The predicted molar refractivity (Wildman–Crippen MR) is 88.3 cm³/mol. The van der Waals surface area contributed by atoms with Crippen molar-refractivity contribution < 1.29 is 0 Å². The lowest BCUT2D eigenvalue weighted by atomic mass is 9.84. The Bertz CT molecular complexity index is 373. The van der Waals surface area contributed by atoms with Crippen molar-refractivity contribution in [1.29, 1.82) is 0 Å². The second kappa shape index (κ2) is 7.83. The van der Waals surface area contributed by atoms with Gasteiger partial charge in [-0.2, -0.15) is 0 Å². The van der Waals surface area contributed by atoms with Gasteiger partial charge < -0.3 is 5.32 Å².